The molecule has 0 aliphatic rings. The summed E-state index contributed by atoms with van der Waals surface area (Å²) in [5, 5.41) is 0. The number of rotatable bonds is 3. The maximum absolute atomic E-state index is 9.96. The number of ether oxygens (including phenoxy) is 1. The van der Waals surface area contributed by atoms with E-state index in [2.05, 4.69) is 4.74 Å². The van der Waals surface area contributed by atoms with Crippen LogP contribution in [0.5, 0.6) is 0 Å². The van der Waals surface area contributed by atoms with Crippen LogP contribution in [0.1, 0.15) is 6.42 Å². The van der Waals surface area contributed by atoms with E-state index in [1.807, 2.05) is 0 Å². The first kappa shape index (κ1) is 6.81. The fraction of sp³-hybridized carbons (Fsp3) is 0.250. The summed E-state index contributed by atoms with van der Waals surface area (Å²) in [6.45, 7) is -0.00810. The molecular weight excluding hydrogens is 112 g/mol. The van der Waals surface area contributed by atoms with Crippen molar-refractivity contribution in [2.24, 2.45) is 0 Å². The van der Waals surface area contributed by atoms with Gasteiger partial charge in [0.1, 0.15) is 12.7 Å². The Balaban J connectivity index is 3.32. The predicted molar refractivity (Wildman–Crippen MR) is 22.8 cm³/mol. The summed E-state index contributed by atoms with van der Waals surface area (Å²) >= 11 is 0. The highest BCUT2D eigenvalue weighted by molar-refractivity contribution is 5.87. The molecule has 0 aliphatic carbocycles. The van der Waals surface area contributed by atoms with Gasteiger partial charge in [-0.15, -0.1) is 0 Å². The van der Waals surface area contributed by atoms with Crippen LogP contribution < -0.4 is 0 Å². The van der Waals surface area contributed by atoms with Gasteiger partial charge in [-0.05, 0) is 0 Å². The smallest absolute Gasteiger partial charge is 0.320 e. The van der Waals surface area contributed by atoms with Gasteiger partial charge in [0.25, 0.3) is 0 Å². The minimum Gasteiger partial charge on any atom is -0.395 e. The maximum Gasteiger partial charge on any atom is 0.320 e. The van der Waals surface area contributed by atoms with Gasteiger partial charge < -0.3 is 9.53 Å². The van der Waals surface area contributed by atoms with Crippen LogP contribution in [0.4, 0.5) is 0 Å². The summed E-state index contributed by atoms with van der Waals surface area (Å²) < 4.78 is 3.73. The first-order chi connectivity index (χ1) is 3.81. The molecule has 0 radical (unpaired) electrons. The molecule has 0 spiro atoms. The lowest BCUT2D eigenvalue weighted by molar-refractivity contribution is -0.151. The minimum absolute atomic E-state index is 0.00810. The summed E-state index contributed by atoms with van der Waals surface area (Å²) in [7, 11) is 0. The quantitative estimate of drug-likeness (QED) is 0.277. The molecule has 0 aliphatic heterocycles. The first-order valence-corrected chi connectivity index (χ1v) is 1.88. The Morgan fingerprint density at radius 3 is 2.50 bits per heavy atom. The second-order valence-corrected chi connectivity index (χ2v) is 0.957. The topological polar surface area (TPSA) is 60.4 Å². The van der Waals surface area contributed by atoms with Crippen LogP contribution >= 0.6 is 0 Å². The Morgan fingerprint density at radius 1 is 1.50 bits per heavy atom. The van der Waals surface area contributed by atoms with Crippen molar-refractivity contribution in [2.45, 2.75) is 6.42 Å². The van der Waals surface area contributed by atoms with Gasteiger partial charge in [-0.1, -0.05) is 0 Å². The molecule has 4 heteroatoms. The van der Waals surface area contributed by atoms with E-state index in [-0.39, 0.29) is 12.9 Å². The molecule has 0 atom stereocenters. The van der Waals surface area contributed by atoms with Crippen LogP contribution in [0.25, 0.3) is 0 Å². The van der Waals surface area contributed by atoms with Gasteiger partial charge in [-0.25, -0.2) is 0 Å². The Morgan fingerprint density at radius 2 is 2.12 bits per heavy atom. The summed E-state index contributed by atoms with van der Waals surface area (Å²) in [5.41, 5.74) is 0. The maximum atomic E-state index is 9.96. The molecule has 0 heterocycles. The zero-order valence-electron chi connectivity index (χ0n) is 3.99. The van der Waals surface area contributed by atoms with Crippen molar-refractivity contribution in [3.63, 3.8) is 0 Å². The van der Waals surface area contributed by atoms with Gasteiger partial charge in [0.05, 0.1) is 0 Å². The molecule has 8 heavy (non-hydrogen) atoms. The minimum atomic E-state index is -0.824. The number of aldehydes is 1. The van der Waals surface area contributed by atoms with Crippen LogP contribution in [0.15, 0.2) is 0 Å². The third kappa shape index (κ3) is 3.02. The lowest BCUT2D eigenvalue weighted by Gasteiger charge is -1.84. The molecule has 0 aromatic heterocycles. The first-order valence-electron chi connectivity index (χ1n) is 1.88. The summed E-state index contributed by atoms with van der Waals surface area (Å²) in [6, 6.07) is 0. The van der Waals surface area contributed by atoms with Crippen LogP contribution in [-0.4, -0.2) is 18.7 Å². The van der Waals surface area contributed by atoms with Gasteiger partial charge in [0.15, 0.2) is 0 Å². The largest absolute Gasteiger partial charge is 0.395 e. The predicted octanol–water partition coefficient (Wildman–Crippen LogP) is -0.725. The van der Waals surface area contributed by atoms with Crippen molar-refractivity contribution in [1.82, 2.24) is 0 Å². The monoisotopic (exact) mass is 116 g/mol. The van der Waals surface area contributed by atoms with E-state index in [0.29, 0.717) is 6.29 Å². The van der Waals surface area contributed by atoms with Crippen LogP contribution in [-0.2, 0) is 19.1 Å². The number of esters is 1. The Bertz CT molecular complexity index is 94.6. The molecule has 0 unspecified atom stereocenters. The molecule has 4 nitrogen and oxygen atoms in total. The Kier molecular flexibility index (Phi) is 3.39. The van der Waals surface area contributed by atoms with E-state index in [9.17, 15) is 14.4 Å². The lowest BCUT2D eigenvalue weighted by atomic mass is 10.5. The average Bonchev–Trinajstić information content (AvgIpc) is 1.68. The number of carbonyl (C=O) groups excluding carboxylic acids is 3. The van der Waals surface area contributed by atoms with Gasteiger partial charge in [0, 0.05) is 0 Å². The van der Waals surface area contributed by atoms with Crippen molar-refractivity contribution in [1.29, 1.82) is 0 Å². The van der Waals surface area contributed by atoms with Crippen molar-refractivity contribution >= 4 is 18.7 Å². The third-order valence-electron chi connectivity index (χ3n) is 0.430. The second-order valence-electron chi connectivity index (χ2n) is 0.957. The van der Waals surface area contributed by atoms with Gasteiger partial charge in [0.2, 0.25) is 0 Å². The standard InChI is InChI=1S/C4H4O4/c5-2-1-4(7)8-3-6/h2-3H,1H2. The molecule has 0 aromatic carbocycles. The van der Waals surface area contributed by atoms with E-state index in [4.69, 9.17) is 0 Å². The zero-order valence-corrected chi connectivity index (χ0v) is 3.99. The molecule has 0 N–H and O–H groups in total. The van der Waals surface area contributed by atoms with E-state index < -0.39 is 5.97 Å². The summed E-state index contributed by atoms with van der Waals surface area (Å²) in [4.78, 5) is 28.8. The zero-order chi connectivity index (χ0) is 6.41. The summed E-state index contributed by atoms with van der Waals surface area (Å²) in [6.07, 6.45) is 0.00454. The van der Waals surface area contributed by atoms with Gasteiger partial charge in [-0.2, -0.15) is 0 Å². The molecule has 0 rings (SSSR count). The van der Waals surface area contributed by atoms with Crippen LogP contribution in [0, 0.1) is 0 Å². The molecule has 0 amide bonds. The van der Waals surface area contributed by atoms with Crippen molar-refractivity contribution in [3.8, 4) is 0 Å². The molecule has 0 saturated heterocycles. The molecule has 44 valence electrons. The highest BCUT2D eigenvalue weighted by Crippen LogP contribution is 1.75. The van der Waals surface area contributed by atoms with E-state index in [1.165, 1.54) is 0 Å². The van der Waals surface area contributed by atoms with Crippen LogP contribution in [0.3, 0.4) is 0 Å². The number of carbonyl (C=O) groups is 3. The Hall–Kier alpha value is -1.19. The normalized spacial score (nSPS) is 7.50. The van der Waals surface area contributed by atoms with E-state index >= 15 is 0 Å². The van der Waals surface area contributed by atoms with Gasteiger partial charge >= 0.3 is 12.4 Å². The van der Waals surface area contributed by atoms with Crippen molar-refractivity contribution < 1.29 is 19.1 Å². The average molecular weight is 116 g/mol. The molecule has 0 aromatic rings. The van der Waals surface area contributed by atoms with Crippen LogP contribution in [0.2, 0.25) is 0 Å². The third-order valence-corrected chi connectivity index (χ3v) is 0.430. The molecule has 0 fully saturated rings. The molecule has 0 bridgehead atoms. The molecular formula is C4H4O4. The highest BCUT2D eigenvalue weighted by atomic mass is 16.6. The summed E-state index contributed by atoms with van der Waals surface area (Å²) in [5.74, 6) is -0.824. The highest BCUT2D eigenvalue weighted by Gasteiger charge is 1.96. The Labute approximate surface area is 45.4 Å². The SMILES string of the molecule is O=CCC(=O)OC=O. The van der Waals surface area contributed by atoms with E-state index in [1.54, 1.807) is 0 Å². The number of hydrogen-bond donors (Lipinski definition) is 0. The molecule has 0 saturated carbocycles. The van der Waals surface area contributed by atoms with E-state index in [0.717, 1.165) is 0 Å². The fourth-order valence-electron chi connectivity index (χ4n) is 0.170. The fourth-order valence-corrected chi connectivity index (χ4v) is 0.170. The lowest BCUT2D eigenvalue weighted by Crippen LogP contribution is -2.01. The van der Waals surface area contributed by atoms with Crippen molar-refractivity contribution in [3.05, 3.63) is 0 Å². The van der Waals surface area contributed by atoms with Gasteiger partial charge in [-0.3, -0.25) is 9.59 Å². The number of hydrogen-bond acceptors (Lipinski definition) is 4. The van der Waals surface area contributed by atoms with Crippen molar-refractivity contribution in [2.75, 3.05) is 0 Å². The second kappa shape index (κ2) is 3.98.